The molecule has 0 atom stereocenters. The van der Waals surface area contributed by atoms with Crippen molar-refractivity contribution in [3.05, 3.63) is 40.1 Å². The number of carboxylic acids is 1. The zero-order chi connectivity index (χ0) is 15.2. The first-order valence-electron chi connectivity index (χ1n) is 6.25. The fourth-order valence-electron chi connectivity index (χ4n) is 1.83. The van der Waals surface area contributed by atoms with Crippen molar-refractivity contribution in [2.24, 2.45) is 0 Å². The summed E-state index contributed by atoms with van der Waals surface area (Å²) in [5.74, 6) is -1.08. The molecule has 2 N–H and O–H groups in total. The van der Waals surface area contributed by atoms with Gasteiger partial charge in [-0.2, -0.15) is 0 Å². The van der Waals surface area contributed by atoms with E-state index < -0.39 is 5.97 Å². The maximum absolute atomic E-state index is 10.7. The van der Waals surface area contributed by atoms with E-state index in [9.17, 15) is 4.79 Å². The Bertz CT molecular complexity index is 630. The lowest BCUT2D eigenvalue weighted by Gasteiger charge is -2.13. The van der Waals surface area contributed by atoms with Gasteiger partial charge >= 0.3 is 5.97 Å². The van der Waals surface area contributed by atoms with Crippen LogP contribution >= 0.6 is 15.9 Å². The van der Waals surface area contributed by atoms with Crippen molar-refractivity contribution in [1.82, 2.24) is 15.0 Å². The molecule has 0 amide bonds. The maximum atomic E-state index is 10.7. The molecule has 21 heavy (non-hydrogen) atoms. The summed E-state index contributed by atoms with van der Waals surface area (Å²) >= 11 is 3.49. The summed E-state index contributed by atoms with van der Waals surface area (Å²) in [6, 6.07) is 5.85. The third-order valence-electron chi connectivity index (χ3n) is 2.82. The van der Waals surface area contributed by atoms with Crippen LogP contribution in [0.1, 0.15) is 16.1 Å². The van der Waals surface area contributed by atoms with E-state index in [0.29, 0.717) is 19.7 Å². The fraction of sp³-hybridized carbons (Fsp3) is 0.308. The number of hydrogen-bond donors (Lipinski definition) is 2. The molecule has 8 heteroatoms. The van der Waals surface area contributed by atoms with Crippen molar-refractivity contribution < 1.29 is 14.6 Å². The van der Waals surface area contributed by atoms with Gasteiger partial charge in [-0.05, 0) is 12.1 Å². The van der Waals surface area contributed by atoms with Gasteiger partial charge in [-0.15, -0.1) is 5.10 Å². The molecule has 0 fully saturated rings. The summed E-state index contributed by atoms with van der Waals surface area (Å²) in [5, 5.41) is 19.4. The zero-order valence-corrected chi connectivity index (χ0v) is 13.0. The normalized spacial score (nSPS) is 10.6. The number of nitrogens with one attached hydrogen (secondary N) is 1. The summed E-state index contributed by atoms with van der Waals surface area (Å²) in [7, 11) is 1.64. The zero-order valence-electron chi connectivity index (χ0n) is 11.4. The molecular formula is C13H15BrN4O3. The molecule has 0 aliphatic carbocycles. The second kappa shape index (κ2) is 7.19. The molecule has 7 nitrogen and oxygen atoms in total. The Hall–Kier alpha value is -1.93. The Morgan fingerprint density at radius 3 is 3.00 bits per heavy atom. The summed E-state index contributed by atoms with van der Waals surface area (Å²) in [4.78, 5) is 10.7. The maximum Gasteiger partial charge on any atom is 0.358 e. The number of anilines is 1. The molecule has 1 aromatic carbocycles. The molecule has 0 unspecified atom stereocenters. The highest BCUT2D eigenvalue weighted by atomic mass is 79.9. The fourth-order valence-corrected chi connectivity index (χ4v) is 2.31. The van der Waals surface area contributed by atoms with E-state index in [4.69, 9.17) is 9.84 Å². The number of ether oxygens (including phenoxy) is 1. The first-order chi connectivity index (χ1) is 10.1. The third-order valence-corrected chi connectivity index (χ3v) is 3.56. The van der Waals surface area contributed by atoms with Crippen molar-refractivity contribution in [3.63, 3.8) is 0 Å². The molecule has 112 valence electrons. The third kappa shape index (κ3) is 4.02. The first-order valence-corrected chi connectivity index (χ1v) is 7.04. The van der Waals surface area contributed by atoms with Gasteiger partial charge in [0.1, 0.15) is 0 Å². The number of carboxylic acid groups (broad SMARTS) is 1. The van der Waals surface area contributed by atoms with Crippen LogP contribution in [0.4, 0.5) is 5.69 Å². The van der Waals surface area contributed by atoms with E-state index in [1.807, 2.05) is 18.2 Å². The second-order valence-corrected chi connectivity index (χ2v) is 5.15. The highest BCUT2D eigenvalue weighted by Crippen LogP contribution is 2.25. The second-order valence-electron chi connectivity index (χ2n) is 4.30. The number of aromatic nitrogens is 3. The van der Waals surface area contributed by atoms with Gasteiger partial charge in [0.2, 0.25) is 0 Å². The summed E-state index contributed by atoms with van der Waals surface area (Å²) in [5.41, 5.74) is 1.94. The molecule has 0 aliphatic rings. The largest absolute Gasteiger partial charge is 0.476 e. The quantitative estimate of drug-likeness (QED) is 0.790. The molecule has 1 heterocycles. The number of halogens is 1. The lowest BCUT2D eigenvalue weighted by molar-refractivity contribution is 0.0690. The number of hydrogen-bond acceptors (Lipinski definition) is 5. The minimum absolute atomic E-state index is 0.0578. The predicted molar refractivity (Wildman–Crippen MR) is 80.3 cm³/mol. The molecule has 0 saturated carbocycles. The van der Waals surface area contributed by atoms with Crippen LogP contribution in [-0.4, -0.2) is 39.7 Å². The Balaban J connectivity index is 1.96. The number of aromatic carboxylic acids is 1. The summed E-state index contributed by atoms with van der Waals surface area (Å²) in [6.07, 6.45) is 1.40. The summed E-state index contributed by atoms with van der Waals surface area (Å²) in [6.45, 7) is 1.60. The van der Waals surface area contributed by atoms with E-state index in [0.717, 1.165) is 15.7 Å². The Morgan fingerprint density at radius 2 is 2.33 bits per heavy atom. The Kier molecular flexibility index (Phi) is 5.29. The van der Waals surface area contributed by atoms with Gasteiger partial charge in [-0.1, -0.05) is 27.2 Å². The predicted octanol–water partition coefficient (Wildman–Crippen LogP) is 2.00. The van der Waals surface area contributed by atoms with Gasteiger partial charge in [-0.25, -0.2) is 9.48 Å². The lowest BCUT2D eigenvalue weighted by atomic mass is 10.2. The SMILES string of the molecule is COCc1c(Br)cccc1NCCn1cc(C(=O)O)nn1. The number of carbonyl (C=O) groups is 1. The van der Waals surface area contributed by atoms with Crippen molar-refractivity contribution in [1.29, 1.82) is 0 Å². The van der Waals surface area contributed by atoms with E-state index in [1.165, 1.54) is 10.9 Å². The lowest BCUT2D eigenvalue weighted by Crippen LogP contribution is -2.12. The van der Waals surface area contributed by atoms with Crippen LogP contribution in [-0.2, 0) is 17.9 Å². The molecule has 1 aromatic heterocycles. The van der Waals surface area contributed by atoms with Gasteiger partial charge in [-0.3, -0.25) is 0 Å². The number of methoxy groups -OCH3 is 1. The highest BCUT2D eigenvalue weighted by molar-refractivity contribution is 9.10. The van der Waals surface area contributed by atoms with Gasteiger partial charge < -0.3 is 15.2 Å². The van der Waals surface area contributed by atoms with Crippen molar-refractivity contribution in [2.45, 2.75) is 13.2 Å². The van der Waals surface area contributed by atoms with E-state index in [2.05, 4.69) is 31.6 Å². The van der Waals surface area contributed by atoms with Crippen LogP contribution in [0.3, 0.4) is 0 Å². The van der Waals surface area contributed by atoms with Gasteiger partial charge in [0.05, 0.1) is 19.3 Å². The van der Waals surface area contributed by atoms with Crippen LogP contribution in [0.15, 0.2) is 28.9 Å². The van der Waals surface area contributed by atoms with Crippen LogP contribution in [0, 0.1) is 0 Å². The summed E-state index contributed by atoms with van der Waals surface area (Å²) < 4.78 is 7.65. The minimum Gasteiger partial charge on any atom is -0.476 e. The van der Waals surface area contributed by atoms with Crippen LogP contribution in [0.2, 0.25) is 0 Å². The molecular weight excluding hydrogens is 340 g/mol. The van der Waals surface area contributed by atoms with Gasteiger partial charge in [0.15, 0.2) is 5.69 Å². The van der Waals surface area contributed by atoms with Crippen molar-refractivity contribution in [3.8, 4) is 0 Å². The number of nitrogens with zero attached hydrogens (tertiary/aromatic N) is 3. The molecule has 0 radical (unpaired) electrons. The molecule has 0 aliphatic heterocycles. The highest BCUT2D eigenvalue weighted by Gasteiger charge is 2.09. The van der Waals surface area contributed by atoms with E-state index in [1.54, 1.807) is 7.11 Å². The molecule has 0 spiro atoms. The van der Waals surface area contributed by atoms with Gasteiger partial charge in [0.25, 0.3) is 0 Å². The monoisotopic (exact) mass is 354 g/mol. The topological polar surface area (TPSA) is 89.3 Å². The van der Waals surface area contributed by atoms with E-state index >= 15 is 0 Å². The smallest absolute Gasteiger partial charge is 0.358 e. The number of rotatable bonds is 7. The molecule has 2 aromatic rings. The van der Waals surface area contributed by atoms with Crippen LogP contribution in [0.25, 0.3) is 0 Å². The van der Waals surface area contributed by atoms with E-state index in [-0.39, 0.29) is 5.69 Å². The minimum atomic E-state index is -1.08. The Morgan fingerprint density at radius 1 is 1.52 bits per heavy atom. The number of benzene rings is 1. The van der Waals surface area contributed by atoms with Crippen LogP contribution < -0.4 is 5.32 Å². The average Bonchev–Trinajstić information content (AvgIpc) is 2.91. The van der Waals surface area contributed by atoms with Gasteiger partial charge in [0, 0.05) is 29.4 Å². The van der Waals surface area contributed by atoms with Crippen LogP contribution in [0.5, 0.6) is 0 Å². The standard InChI is InChI=1S/C13H15BrN4O3/c1-21-8-9-10(14)3-2-4-11(9)15-5-6-18-7-12(13(19)20)16-17-18/h2-4,7,15H,5-6,8H2,1H3,(H,19,20). The van der Waals surface area contributed by atoms with Crippen molar-refractivity contribution in [2.75, 3.05) is 19.0 Å². The average molecular weight is 355 g/mol. The molecule has 2 rings (SSSR count). The molecule has 0 bridgehead atoms. The molecule has 0 saturated heterocycles. The first kappa shape index (κ1) is 15.5. The Labute approximate surface area is 130 Å². The van der Waals surface area contributed by atoms with Crippen molar-refractivity contribution >= 4 is 27.6 Å².